The fraction of sp³-hybridized carbons (Fsp3) is 0.450. The number of urea groups is 1. The zero-order valence-electron chi connectivity index (χ0n) is 16.9. The number of aromatic nitrogens is 2. The molecule has 2 aliphatic rings. The van der Waals surface area contributed by atoms with Gasteiger partial charge >= 0.3 is 12.2 Å². The Balaban J connectivity index is 1.54. The van der Waals surface area contributed by atoms with Crippen molar-refractivity contribution < 1.29 is 27.2 Å². The van der Waals surface area contributed by atoms with Gasteiger partial charge in [-0.25, -0.2) is 9.18 Å². The van der Waals surface area contributed by atoms with Gasteiger partial charge in [-0.05, 0) is 37.6 Å². The molecule has 1 aromatic carbocycles. The van der Waals surface area contributed by atoms with E-state index in [0.717, 1.165) is 4.90 Å². The minimum Gasteiger partial charge on any atom is -0.314 e. The van der Waals surface area contributed by atoms with Gasteiger partial charge in [-0.2, -0.15) is 18.3 Å². The van der Waals surface area contributed by atoms with Crippen molar-refractivity contribution in [2.75, 3.05) is 16.8 Å². The third-order valence-corrected chi connectivity index (χ3v) is 5.76. The fourth-order valence-corrected chi connectivity index (χ4v) is 3.96. The molecule has 0 radical (unpaired) electrons. The molecule has 0 spiro atoms. The van der Waals surface area contributed by atoms with Crippen molar-refractivity contribution in [1.29, 1.82) is 0 Å². The quantitative estimate of drug-likeness (QED) is 0.726. The first-order valence-electron chi connectivity index (χ1n) is 9.80. The van der Waals surface area contributed by atoms with Crippen LogP contribution in [-0.4, -0.2) is 45.4 Å². The van der Waals surface area contributed by atoms with Gasteiger partial charge in [0.25, 0.3) is 0 Å². The molecule has 2 aliphatic heterocycles. The summed E-state index contributed by atoms with van der Waals surface area (Å²) in [5, 5.41) is 6.93. The lowest BCUT2D eigenvalue weighted by Gasteiger charge is -2.35. The van der Waals surface area contributed by atoms with Crippen LogP contribution < -0.4 is 10.2 Å². The molecule has 3 heterocycles. The van der Waals surface area contributed by atoms with Crippen LogP contribution >= 0.6 is 0 Å². The third-order valence-electron chi connectivity index (χ3n) is 5.76. The maximum atomic E-state index is 13.5. The van der Waals surface area contributed by atoms with Crippen LogP contribution in [0.1, 0.15) is 24.6 Å². The second kappa shape index (κ2) is 7.54. The average Bonchev–Trinajstić information content (AvgIpc) is 3.26. The number of carbonyl (C=O) groups excluding carboxylic acids is 2. The number of amides is 3. The van der Waals surface area contributed by atoms with Crippen LogP contribution in [0.4, 0.5) is 33.7 Å². The molecule has 2 atom stereocenters. The lowest BCUT2D eigenvalue weighted by atomic mass is 10.1. The molecule has 1 fully saturated rings. The maximum absolute atomic E-state index is 13.5. The molecule has 0 aliphatic carbocycles. The summed E-state index contributed by atoms with van der Waals surface area (Å²) in [6.07, 6.45) is -3.67. The number of carbonyl (C=O) groups is 2. The van der Waals surface area contributed by atoms with E-state index >= 15 is 0 Å². The van der Waals surface area contributed by atoms with E-state index in [-0.39, 0.29) is 18.4 Å². The molecule has 166 valence electrons. The number of alkyl halides is 3. The highest BCUT2D eigenvalue weighted by atomic mass is 19.4. The highest BCUT2D eigenvalue weighted by molar-refractivity contribution is 5.96. The minimum atomic E-state index is -4.45. The van der Waals surface area contributed by atoms with Crippen LogP contribution in [0, 0.1) is 18.7 Å². The summed E-state index contributed by atoms with van der Waals surface area (Å²) < 4.78 is 54.3. The number of halogens is 4. The lowest BCUT2D eigenvalue weighted by Crippen LogP contribution is -2.47. The van der Waals surface area contributed by atoms with Gasteiger partial charge in [0.1, 0.15) is 5.82 Å². The topological polar surface area (TPSA) is 70.5 Å². The average molecular weight is 439 g/mol. The predicted molar refractivity (Wildman–Crippen MR) is 104 cm³/mol. The highest BCUT2D eigenvalue weighted by Crippen LogP contribution is 2.38. The smallest absolute Gasteiger partial charge is 0.314 e. The number of hydrogen-bond donors (Lipinski definition) is 1. The summed E-state index contributed by atoms with van der Waals surface area (Å²) in [7, 11) is 0. The molecule has 31 heavy (non-hydrogen) atoms. The van der Waals surface area contributed by atoms with Crippen LogP contribution in [0.25, 0.3) is 0 Å². The van der Waals surface area contributed by atoms with Gasteiger partial charge in [0.15, 0.2) is 0 Å². The van der Waals surface area contributed by atoms with Gasteiger partial charge in [-0.1, -0.05) is 0 Å². The summed E-state index contributed by atoms with van der Waals surface area (Å²) in [6.45, 7) is 3.34. The van der Waals surface area contributed by atoms with Gasteiger partial charge in [0.05, 0.1) is 42.6 Å². The van der Waals surface area contributed by atoms with Gasteiger partial charge in [0, 0.05) is 18.7 Å². The molecule has 4 rings (SSSR count). The summed E-state index contributed by atoms with van der Waals surface area (Å²) >= 11 is 0. The van der Waals surface area contributed by atoms with Crippen molar-refractivity contribution in [3.63, 3.8) is 0 Å². The molecule has 1 aromatic heterocycles. The molecule has 1 saturated heterocycles. The molecule has 1 N–H and O–H groups in total. The van der Waals surface area contributed by atoms with Crippen LogP contribution in [0.3, 0.4) is 0 Å². The van der Waals surface area contributed by atoms with Crippen LogP contribution in [0.2, 0.25) is 0 Å². The Morgan fingerprint density at radius 3 is 2.65 bits per heavy atom. The molecule has 0 bridgehead atoms. The molecular weight excluding hydrogens is 418 g/mol. The standard InChI is InChI=1S/C20H21F4N5O2/c1-11-5-14(3-4-15(11)21)26-19(31)27-10-17-16(7-25-29(17)8-12(27)2)28-9-13(6-18(28)30)20(22,23)24/h3-5,7,12-13H,6,8-10H2,1-2H3,(H,26,31)/t12-,13?/m0/s1. The fourth-order valence-electron chi connectivity index (χ4n) is 3.96. The Kier molecular flexibility index (Phi) is 5.14. The predicted octanol–water partition coefficient (Wildman–Crippen LogP) is 3.68. The number of rotatable bonds is 2. The van der Waals surface area contributed by atoms with E-state index in [9.17, 15) is 27.2 Å². The number of nitrogens with one attached hydrogen (secondary N) is 1. The molecule has 2 aromatic rings. The summed E-state index contributed by atoms with van der Waals surface area (Å²) in [5.74, 6) is -2.72. The van der Waals surface area contributed by atoms with E-state index in [1.54, 1.807) is 11.6 Å². The van der Waals surface area contributed by atoms with Crippen LogP contribution in [-0.2, 0) is 17.9 Å². The number of anilines is 2. The normalized spacial score (nSPS) is 21.4. The highest BCUT2D eigenvalue weighted by Gasteiger charge is 2.48. The number of fused-ring (bicyclic) bond motifs is 1. The summed E-state index contributed by atoms with van der Waals surface area (Å²) in [5.41, 5.74) is 1.61. The zero-order valence-corrected chi connectivity index (χ0v) is 16.9. The van der Waals surface area contributed by atoms with E-state index < -0.39 is 37.0 Å². The van der Waals surface area contributed by atoms with Crippen molar-refractivity contribution in [2.24, 2.45) is 5.92 Å². The monoisotopic (exact) mass is 439 g/mol. The Morgan fingerprint density at radius 1 is 1.26 bits per heavy atom. The van der Waals surface area contributed by atoms with Crippen molar-refractivity contribution in [1.82, 2.24) is 14.7 Å². The van der Waals surface area contributed by atoms with Gasteiger partial charge in [-0.3, -0.25) is 9.48 Å². The molecule has 0 saturated carbocycles. The van der Waals surface area contributed by atoms with Crippen LogP contribution in [0.5, 0.6) is 0 Å². The SMILES string of the molecule is Cc1cc(NC(=O)N2Cc3c(N4CC(C(F)(F)F)CC4=O)cnn3C[C@@H]2C)ccc1F. The van der Waals surface area contributed by atoms with Crippen molar-refractivity contribution in [3.05, 3.63) is 41.5 Å². The molecule has 3 amide bonds. The number of aryl methyl sites for hydroxylation is 1. The van der Waals surface area contributed by atoms with E-state index in [1.165, 1.54) is 29.3 Å². The Morgan fingerprint density at radius 2 is 2.00 bits per heavy atom. The zero-order chi connectivity index (χ0) is 22.5. The lowest BCUT2D eigenvalue weighted by molar-refractivity contribution is -0.169. The van der Waals surface area contributed by atoms with Crippen molar-refractivity contribution >= 4 is 23.3 Å². The van der Waals surface area contributed by atoms with E-state index in [0.29, 0.717) is 29.2 Å². The number of benzene rings is 1. The Labute approximate surface area is 175 Å². The first-order valence-corrected chi connectivity index (χ1v) is 9.80. The molecule has 11 heteroatoms. The van der Waals surface area contributed by atoms with Gasteiger partial charge in [0.2, 0.25) is 5.91 Å². The van der Waals surface area contributed by atoms with Crippen molar-refractivity contribution in [2.45, 2.75) is 45.6 Å². The maximum Gasteiger partial charge on any atom is 0.394 e. The third kappa shape index (κ3) is 3.96. The Bertz CT molecular complexity index is 1040. The van der Waals surface area contributed by atoms with Gasteiger partial charge in [-0.15, -0.1) is 0 Å². The Hall–Kier alpha value is -3.11. The van der Waals surface area contributed by atoms with Crippen LogP contribution in [0.15, 0.2) is 24.4 Å². The second-order valence-electron chi connectivity index (χ2n) is 7.98. The summed E-state index contributed by atoms with van der Waals surface area (Å²) in [4.78, 5) is 27.7. The van der Waals surface area contributed by atoms with E-state index in [1.807, 2.05) is 6.92 Å². The minimum absolute atomic E-state index is 0.0724. The second-order valence-corrected chi connectivity index (χ2v) is 7.98. The number of hydrogen-bond acceptors (Lipinski definition) is 3. The van der Waals surface area contributed by atoms with E-state index in [4.69, 9.17) is 0 Å². The molecule has 1 unspecified atom stereocenters. The largest absolute Gasteiger partial charge is 0.394 e. The molecule has 7 nitrogen and oxygen atoms in total. The van der Waals surface area contributed by atoms with Gasteiger partial charge < -0.3 is 15.1 Å². The summed E-state index contributed by atoms with van der Waals surface area (Å²) in [6, 6.07) is 3.53. The molecular formula is C20H21F4N5O2. The number of nitrogens with zero attached hydrogens (tertiary/aromatic N) is 4. The first-order chi connectivity index (χ1) is 14.5. The first kappa shape index (κ1) is 21.1. The van der Waals surface area contributed by atoms with Crippen molar-refractivity contribution in [3.8, 4) is 0 Å². The van der Waals surface area contributed by atoms with E-state index in [2.05, 4.69) is 10.4 Å².